The molecule has 10 heteroatoms. The number of halogens is 1. The number of oxime groups is 1. The molecule has 1 aliphatic rings. The predicted octanol–water partition coefficient (Wildman–Crippen LogP) is 1.10. The molecule has 1 atom stereocenters. The van der Waals surface area contributed by atoms with Gasteiger partial charge in [-0.1, -0.05) is 33.9 Å². The number of H-pyrrole nitrogens is 1. The second kappa shape index (κ2) is 6.95. The lowest BCUT2D eigenvalue weighted by Gasteiger charge is -2.14. The SMILES string of the molecule is Cn1[nH]cc(C(=O)c2ccc(CS(=O)[O-])c(C3=NOCC3)c2Cl)c1=O. The van der Waals surface area contributed by atoms with Crippen LogP contribution in [0, 0.1) is 0 Å². The van der Waals surface area contributed by atoms with Crippen molar-refractivity contribution in [3.05, 3.63) is 56.0 Å². The van der Waals surface area contributed by atoms with Crippen LogP contribution in [0.1, 0.15) is 33.5 Å². The summed E-state index contributed by atoms with van der Waals surface area (Å²) in [6.45, 7) is 0.349. The molecule has 1 unspecified atom stereocenters. The first-order chi connectivity index (χ1) is 11.9. The maximum atomic E-state index is 12.7. The molecule has 0 saturated carbocycles. The summed E-state index contributed by atoms with van der Waals surface area (Å²) in [5.41, 5.74) is 0.821. The molecule has 0 fully saturated rings. The molecule has 25 heavy (non-hydrogen) atoms. The number of aromatic amines is 1. The Hall–Kier alpha value is -2.23. The van der Waals surface area contributed by atoms with E-state index in [4.69, 9.17) is 16.4 Å². The van der Waals surface area contributed by atoms with Gasteiger partial charge in [0.15, 0.2) is 0 Å². The Morgan fingerprint density at radius 3 is 2.80 bits per heavy atom. The smallest absolute Gasteiger partial charge is 0.277 e. The highest BCUT2D eigenvalue weighted by Crippen LogP contribution is 2.30. The Morgan fingerprint density at radius 1 is 1.48 bits per heavy atom. The van der Waals surface area contributed by atoms with Crippen LogP contribution in [-0.4, -0.2) is 36.6 Å². The lowest BCUT2D eigenvalue weighted by atomic mass is 9.96. The summed E-state index contributed by atoms with van der Waals surface area (Å²) in [6.07, 6.45) is 1.75. The van der Waals surface area contributed by atoms with Gasteiger partial charge in [-0.05, 0) is 11.6 Å². The van der Waals surface area contributed by atoms with E-state index in [1.54, 1.807) is 0 Å². The standard InChI is InChI=1S/C15H14ClN3O5S/c1-19-15(21)10(6-17-19)14(20)9-3-2-8(7-25(22)23)12(13(9)16)11-4-5-24-18-11/h2-3,6,17H,4-5,7H2,1H3,(H,22,23)/p-1. The number of ketones is 1. The Kier molecular flexibility index (Phi) is 4.89. The van der Waals surface area contributed by atoms with Crippen LogP contribution in [0.5, 0.6) is 0 Å². The van der Waals surface area contributed by atoms with Crippen molar-refractivity contribution in [1.82, 2.24) is 9.78 Å². The lowest BCUT2D eigenvalue weighted by molar-refractivity contribution is 0.103. The number of carbonyl (C=O) groups is 1. The first-order valence-corrected chi connectivity index (χ1v) is 8.88. The molecule has 8 nitrogen and oxygen atoms in total. The van der Waals surface area contributed by atoms with Gasteiger partial charge in [-0.3, -0.25) is 18.5 Å². The summed E-state index contributed by atoms with van der Waals surface area (Å²) < 4.78 is 23.4. The maximum absolute atomic E-state index is 12.7. The molecule has 2 heterocycles. The maximum Gasteiger partial charge on any atom is 0.277 e. The summed E-state index contributed by atoms with van der Waals surface area (Å²) in [4.78, 5) is 29.6. The average molecular weight is 383 g/mol. The largest absolute Gasteiger partial charge is 0.772 e. The molecule has 0 saturated heterocycles. The summed E-state index contributed by atoms with van der Waals surface area (Å²) in [5.74, 6) is -0.823. The number of aromatic nitrogens is 2. The zero-order chi connectivity index (χ0) is 18.1. The highest BCUT2D eigenvalue weighted by molar-refractivity contribution is 7.78. The fourth-order valence-electron chi connectivity index (χ4n) is 2.60. The van der Waals surface area contributed by atoms with Crippen LogP contribution in [-0.2, 0) is 28.7 Å². The molecule has 1 N–H and O–H groups in total. The number of carbonyl (C=O) groups excluding carboxylic acids is 1. The Balaban J connectivity index is 2.14. The lowest BCUT2D eigenvalue weighted by Crippen LogP contribution is -2.20. The second-order valence-electron chi connectivity index (χ2n) is 5.41. The van der Waals surface area contributed by atoms with Crippen molar-refractivity contribution in [3.8, 4) is 0 Å². The fraction of sp³-hybridized carbons (Fsp3) is 0.267. The zero-order valence-electron chi connectivity index (χ0n) is 13.1. The third-order valence-electron chi connectivity index (χ3n) is 3.82. The molecular formula is C15H13ClN3O5S-. The normalized spacial score (nSPS) is 14.9. The third-order valence-corrected chi connectivity index (χ3v) is 4.76. The highest BCUT2D eigenvalue weighted by Gasteiger charge is 2.25. The van der Waals surface area contributed by atoms with Crippen LogP contribution >= 0.6 is 11.6 Å². The molecule has 0 amide bonds. The number of nitrogens with one attached hydrogen (secondary N) is 1. The Bertz CT molecular complexity index is 963. The molecule has 3 rings (SSSR count). The van der Waals surface area contributed by atoms with Gasteiger partial charge in [0.2, 0.25) is 5.78 Å². The van der Waals surface area contributed by atoms with Crippen LogP contribution in [0.15, 0.2) is 28.3 Å². The van der Waals surface area contributed by atoms with Crippen molar-refractivity contribution in [2.45, 2.75) is 12.2 Å². The number of benzene rings is 1. The van der Waals surface area contributed by atoms with E-state index in [0.29, 0.717) is 29.9 Å². The zero-order valence-corrected chi connectivity index (χ0v) is 14.6. The van der Waals surface area contributed by atoms with Gasteiger partial charge in [0, 0.05) is 36.5 Å². The van der Waals surface area contributed by atoms with Gasteiger partial charge < -0.3 is 14.5 Å². The topological polar surface area (TPSA) is 117 Å². The number of nitrogens with zero attached hydrogens (tertiary/aromatic N) is 2. The van der Waals surface area contributed by atoms with Crippen molar-refractivity contribution in [3.63, 3.8) is 0 Å². The summed E-state index contributed by atoms with van der Waals surface area (Å²) in [6, 6.07) is 2.92. The van der Waals surface area contributed by atoms with Crippen LogP contribution in [0.2, 0.25) is 5.02 Å². The van der Waals surface area contributed by atoms with Crippen LogP contribution in [0.4, 0.5) is 0 Å². The Labute approximate surface area is 149 Å². The second-order valence-corrected chi connectivity index (χ2v) is 6.69. The van der Waals surface area contributed by atoms with E-state index in [0.717, 1.165) is 0 Å². The number of hydrogen-bond acceptors (Lipinski definition) is 6. The van der Waals surface area contributed by atoms with E-state index in [-0.39, 0.29) is 21.9 Å². The fourth-order valence-corrected chi connectivity index (χ4v) is 3.48. The minimum Gasteiger partial charge on any atom is -0.772 e. The molecule has 0 radical (unpaired) electrons. The average Bonchev–Trinajstić information content (AvgIpc) is 3.18. The summed E-state index contributed by atoms with van der Waals surface area (Å²) in [5, 5.41) is 6.56. The van der Waals surface area contributed by atoms with Crippen LogP contribution in [0.3, 0.4) is 0 Å². The van der Waals surface area contributed by atoms with Crippen LogP contribution in [0.25, 0.3) is 0 Å². The van der Waals surface area contributed by atoms with E-state index in [1.165, 1.54) is 30.1 Å². The molecule has 1 aromatic carbocycles. The minimum atomic E-state index is -2.34. The predicted molar refractivity (Wildman–Crippen MR) is 90.6 cm³/mol. The van der Waals surface area contributed by atoms with Gasteiger partial charge >= 0.3 is 0 Å². The van der Waals surface area contributed by atoms with Gasteiger partial charge in [-0.25, -0.2) is 0 Å². The van der Waals surface area contributed by atoms with Crippen molar-refractivity contribution in [1.29, 1.82) is 0 Å². The molecule has 0 spiro atoms. The van der Waals surface area contributed by atoms with E-state index in [1.807, 2.05) is 0 Å². The van der Waals surface area contributed by atoms with E-state index < -0.39 is 22.4 Å². The first-order valence-electron chi connectivity index (χ1n) is 7.25. The first kappa shape index (κ1) is 17.6. The van der Waals surface area contributed by atoms with Gasteiger partial charge in [0.25, 0.3) is 5.56 Å². The van der Waals surface area contributed by atoms with Gasteiger partial charge in [0.1, 0.15) is 12.2 Å². The van der Waals surface area contributed by atoms with E-state index in [2.05, 4.69) is 10.3 Å². The number of aryl methyl sites for hydroxylation is 1. The quantitative estimate of drug-likeness (QED) is 0.614. The van der Waals surface area contributed by atoms with Crippen molar-refractivity contribution in [2.75, 3.05) is 6.61 Å². The molecule has 132 valence electrons. The molecule has 0 bridgehead atoms. The van der Waals surface area contributed by atoms with Crippen molar-refractivity contribution in [2.24, 2.45) is 12.2 Å². The van der Waals surface area contributed by atoms with E-state index in [9.17, 15) is 18.4 Å². The summed E-state index contributed by atoms with van der Waals surface area (Å²) in [7, 11) is 1.49. The minimum absolute atomic E-state index is 0.0555. The van der Waals surface area contributed by atoms with E-state index >= 15 is 0 Å². The molecule has 1 aliphatic heterocycles. The van der Waals surface area contributed by atoms with Gasteiger partial charge in [-0.15, -0.1) is 0 Å². The van der Waals surface area contributed by atoms with Crippen molar-refractivity contribution >= 4 is 34.2 Å². The molecule has 0 aliphatic carbocycles. The van der Waals surface area contributed by atoms with Crippen molar-refractivity contribution < 1.29 is 18.4 Å². The molecule has 1 aromatic heterocycles. The number of rotatable bonds is 5. The molecule has 2 aromatic rings. The van der Waals surface area contributed by atoms with Gasteiger partial charge in [-0.2, -0.15) is 0 Å². The monoisotopic (exact) mass is 382 g/mol. The summed E-state index contributed by atoms with van der Waals surface area (Å²) >= 11 is 4.07. The third kappa shape index (κ3) is 3.30. The van der Waals surface area contributed by atoms with Crippen LogP contribution < -0.4 is 5.56 Å². The molecular weight excluding hydrogens is 370 g/mol. The number of hydrogen-bond donors (Lipinski definition) is 1. The Morgan fingerprint density at radius 2 is 2.24 bits per heavy atom. The highest BCUT2D eigenvalue weighted by atomic mass is 35.5. The van der Waals surface area contributed by atoms with Gasteiger partial charge in [0.05, 0.1) is 10.7 Å².